The molecule has 0 aliphatic heterocycles. The van der Waals surface area contributed by atoms with Crippen LogP contribution >= 0.6 is 35.7 Å². The quantitative estimate of drug-likeness (QED) is 0.150. The Kier molecular flexibility index (Phi) is 11.3. The SMILES string of the molecule is C=C(C)CN=C(N)NCCCc1nnc(SC)n1CC(C)C.I. The lowest BCUT2D eigenvalue weighted by molar-refractivity contribution is 0.477. The van der Waals surface area contributed by atoms with E-state index in [1.165, 1.54) is 0 Å². The molecule has 0 spiro atoms. The molecule has 0 aromatic carbocycles. The molecule has 1 rings (SSSR count). The standard InChI is InChI=1S/C15H28N6S.HI/c1-11(2)9-18-14(16)17-8-6-7-13-19-20-15(22-5)21(13)10-12(3)4;/h12H,1,6-10H2,2-5H3,(H3,16,17,18);1H. The highest BCUT2D eigenvalue weighted by molar-refractivity contribution is 14.0. The summed E-state index contributed by atoms with van der Waals surface area (Å²) in [5.41, 5.74) is 6.78. The maximum Gasteiger partial charge on any atom is 0.190 e. The molecule has 1 heterocycles. The van der Waals surface area contributed by atoms with Crippen molar-refractivity contribution in [2.75, 3.05) is 19.3 Å². The van der Waals surface area contributed by atoms with Crippen molar-refractivity contribution < 1.29 is 0 Å². The Bertz CT molecular complexity index is 512. The number of nitrogens with one attached hydrogen (secondary N) is 1. The molecule has 0 bridgehead atoms. The first-order valence-electron chi connectivity index (χ1n) is 7.58. The second kappa shape index (κ2) is 11.7. The Balaban J connectivity index is 0.00000484. The smallest absolute Gasteiger partial charge is 0.190 e. The van der Waals surface area contributed by atoms with E-state index in [4.69, 9.17) is 5.73 Å². The molecular formula is C15H29IN6S. The van der Waals surface area contributed by atoms with Gasteiger partial charge >= 0.3 is 0 Å². The van der Waals surface area contributed by atoms with Gasteiger partial charge in [-0.25, -0.2) is 4.99 Å². The summed E-state index contributed by atoms with van der Waals surface area (Å²) in [6.07, 6.45) is 3.85. The molecule has 23 heavy (non-hydrogen) atoms. The van der Waals surface area contributed by atoms with Crippen LogP contribution in [-0.2, 0) is 13.0 Å². The molecule has 0 saturated heterocycles. The van der Waals surface area contributed by atoms with Crippen LogP contribution in [0.5, 0.6) is 0 Å². The van der Waals surface area contributed by atoms with E-state index in [0.717, 1.165) is 42.5 Å². The van der Waals surface area contributed by atoms with Crippen molar-refractivity contribution >= 4 is 41.7 Å². The number of nitrogens with two attached hydrogens (primary N) is 1. The van der Waals surface area contributed by atoms with Gasteiger partial charge in [-0.15, -0.1) is 34.2 Å². The lowest BCUT2D eigenvalue weighted by Crippen LogP contribution is -2.32. The Hall–Kier alpha value is -0.770. The van der Waals surface area contributed by atoms with Crippen molar-refractivity contribution in [3.05, 3.63) is 18.0 Å². The van der Waals surface area contributed by atoms with Crippen LogP contribution in [0.25, 0.3) is 0 Å². The van der Waals surface area contributed by atoms with Crippen LogP contribution in [-0.4, -0.2) is 40.1 Å². The second-order valence-electron chi connectivity index (χ2n) is 5.80. The highest BCUT2D eigenvalue weighted by Gasteiger charge is 2.12. The van der Waals surface area contributed by atoms with Crippen LogP contribution in [0.1, 0.15) is 33.0 Å². The first-order chi connectivity index (χ1) is 10.4. The molecule has 0 atom stereocenters. The van der Waals surface area contributed by atoms with E-state index in [1.807, 2.05) is 13.2 Å². The van der Waals surface area contributed by atoms with Gasteiger partial charge in [-0.2, -0.15) is 0 Å². The molecular weight excluding hydrogens is 423 g/mol. The third-order valence-electron chi connectivity index (χ3n) is 2.93. The van der Waals surface area contributed by atoms with E-state index >= 15 is 0 Å². The van der Waals surface area contributed by atoms with Crippen LogP contribution in [0, 0.1) is 5.92 Å². The number of nitrogens with zero attached hydrogens (tertiary/aromatic N) is 4. The summed E-state index contributed by atoms with van der Waals surface area (Å²) in [5.74, 6) is 2.08. The van der Waals surface area contributed by atoms with E-state index in [-0.39, 0.29) is 24.0 Å². The van der Waals surface area contributed by atoms with Crippen molar-refractivity contribution in [1.82, 2.24) is 20.1 Å². The van der Waals surface area contributed by atoms with Gasteiger partial charge < -0.3 is 15.6 Å². The van der Waals surface area contributed by atoms with E-state index in [9.17, 15) is 0 Å². The van der Waals surface area contributed by atoms with Gasteiger partial charge in [0.2, 0.25) is 0 Å². The van der Waals surface area contributed by atoms with Gasteiger partial charge in [0, 0.05) is 19.5 Å². The van der Waals surface area contributed by atoms with E-state index in [1.54, 1.807) is 11.8 Å². The lowest BCUT2D eigenvalue weighted by atomic mass is 10.2. The van der Waals surface area contributed by atoms with Crippen LogP contribution in [0.4, 0.5) is 0 Å². The molecule has 0 fully saturated rings. The molecule has 0 aliphatic rings. The third-order valence-corrected chi connectivity index (χ3v) is 3.59. The van der Waals surface area contributed by atoms with Gasteiger partial charge in [0.1, 0.15) is 5.82 Å². The number of hydrogen-bond donors (Lipinski definition) is 2. The summed E-state index contributed by atoms with van der Waals surface area (Å²) >= 11 is 1.64. The number of guanidine groups is 1. The van der Waals surface area contributed by atoms with E-state index < -0.39 is 0 Å². The average Bonchev–Trinajstić information content (AvgIpc) is 2.82. The minimum Gasteiger partial charge on any atom is -0.370 e. The molecule has 0 radical (unpaired) electrons. The number of aromatic nitrogens is 3. The fraction of sp³-hybridized carbons (Fsp3) is 0.667. The van der Waals surface area contributed by atoms with E-state index in [0.29, 0.717) is 18.4 Å². The molecule has 0 unspecified atom stereocenters. The number of thioether (sulfide) groups is 1. The maximum atomic E-state index is 5.78. The fourth-order valence-corrected chi connectivity index (χ4v) is 2.47. The topological polar surface area (TPSA) is 81.1 Å². The normalized spacial score (nSPS) is 11.4. The van der Waals surface area contributed by atoms with Crippen molar-refractivity contribution in [3.63, 3.8) is 0 Å². The highest BCUT2D eigenvalue weighted by Crippen LogP contribution is 2.16. The monoisotopic (exact) mass is 452 g/mol. The predicted molar refractivity (Wildman–Crippen MR) is 110 cm³/mol. The maximum absolute atomic E-state index is 5.78. The number of aryl methyl sites for hydroxylation is 1. The number of rotatable bonds is 9. The van der Waals surface area contributed by atoms with Crippen LogP contribution in [0.3, 0.4) is 0 Å². The first kappa shape index (κ1) is 22.2. The van der Waals surface area contributed by atoms with Crippen LogP contribution in [0.15, 0.2) is 22.3 Å². The van der Waals surface area contributed by atoms with Gasteiger partial charge in [0.15, 0.2) is 11.1 Å². The average molecular weight is 452 g/mol. The van der Waals surface area contributed by atoms with E-state index in [2.05, 4.69) is 45.5 Å². The zero-order valence-electron chi connectivity index (χ0n) is 14.5. The van der Waals surface area contributed by atoms with Crippen LogP contribution < -0.4 is 11.1 Å². The van der Waals surface area contributed by atoms with Gasteiger partial charge in [-0.3, -0.25) is 0 Å². The number of aliphatic imine (C=N–C) groups is 1. The number of halogens is 1. The Morgan fingerprint density at radius 1 is 1.43 bits per heavy atom. The second-order valence-corrected chi connectivity index (χ2v) is 6.57. The summed E-state index contributed by atoms with van der Waals surface area (Å²) in [6.45, 7) is 12.4. The molecule has 6 nitrogen and oxygen atoms in total. The molecule has 132 valence electrons. The minimum atomic E-state index is 0. The zero-order valence-corrected chi connectivity index (χ0v) is 17.6. The van der Waals surface area contributed by atoms with Crippen LogP contribution in [0.2, 0.25) is 0 Å². The summed E-state index contributed by atoms with van der Waals surface area (Å²) in [5, 5.41) is 12.7. The highest BCUT2D eigenvalue weighted by atomic mass is 127. The van der Waals surface area contributed by atoms with Gasteiger partial charge in [0.25, 0.3) is 0 Å². The predicted octanol–water partition coefficient (Wildman–Crippen LogP) is 2.69. The molecule has 1 aromatic heterocycles. The molecule has 0 saturated carbocycles. The van der Waals surface area contributed by atoms with Crippen molar-refractivity contribution in [2.24, 2.45) is 16.6 Å². The molecule has 0 amide bonds. The van der Waals surface area contributed by atoms with Crippen molar-refractivity contribution in [3.8, 4) is 0 Å². The van der Waals surface area contributed by atoms with Gasteiger partial charge in [0.05, 0.1) is 6.54 Å². The molecule has 0 aliphatic carbocycles. The number of hydrogen-bond acceptors (Lipinski definition) is 4. The molecule has 1 aromatic rings. The summed E-state index contributed by atoms with van der Waals surface area (Å²) < 4.78 is 2.22. The summed E-state index contributed by atoms with van der Waals surface area (Å²) in [6, 6.07) is 0. The molecule has 8 heteroatoms. The Morgan fingerprint density at radius 3 is 2.70 bits per heavy atom. The van der Waals surface area contributed by atoms with Gasteiger partial charge in [-0.05, 0) is 25.5 Å². The molecule has 3 N–H and O–H groups in total. The third kappa shape index (κ3) is 8.59. The Labute approximate surface area is 160 Å². The fourth-order valence-electron chi connectivity index (χ4n) is 1.94. The first-order valence-corrected chi connectivity index (χ1v) is 8.80. The summed E-state index contributed by atoms with van der Waals surface area (Å²) in [7, 11) is 0. The van der Waals surface area contributed by atoms with Crippen molar-refractivity contribution in [2.45, 2.75) is 45.3 Å². The largest absolute Gasteiger partial charge is 0.370 e. The minimum absolute atomic E-state index is 0. The summed E-state index contributed by atoms with van der Waals surface area (Å²) in [4.78, 5) is 4.19. The lowest BCUT2D eigenvalue weighted by Gasteiger charge is -2.11. The van der Waals surface area contributed by atoms with Gasteiger partial charge in [-0.1, -0.05) is 37.8 Å². The van der Waals surface area contributed by atoms with Crippen molar-refractivity contribution in [1.29, 1.82) is 0 Å². The zero-order chi connectivity index (χ0) is 16.5. The Morgan fingerprint density at radius 2 is 2.13 bits per heavy atom.